The minimum absolute atomic E-state index is 0.197. The fraction of sp³-hybridized carbons (Fsp3) is 0.692. The zero-order chi connectivity index (χ0) is 14.2. The van der Waals surface area contributed by atoms with E-state index in [1.165, 1.54) is 4.31 Å². The monoisotopic (exact) mass is 285 g/mol. The van der Waals surface area contributed by atoms with Crippen molar-refractivity contribution in [1.82, 2.24) is 14.2 Å². The van der Waals surface area contributed by atoms with Crippen molar-refractivity contribution < 1.29 is 8.42 Å². The van der Waals surface area contributed by atoms with Gasteiger partial charge in [-0.15, -0.1) is 0 Å². The van der Waals surface area contributed by atoms with Gasteiger partial charge in [0.25, 0.3) is 0 Å². The zero-order valence-electron chi connectivity index (χ0n) is 12.0. The molecule has 1 fully saturated rings. The number of aromatic nitrogens is 1. The zero-order valence-corrected chi connectivity index (χ0v) is 12.9. The standard InChI is InChI=1S/C13H23N3O2S/c1-10(2)14-8-12-7-13(9-15(12)3)19(17,18)16(4)11-5-6-11/h7,9-11,14H,5-6,8H2,1-4H3. The molecule has 0 radical (unpaired) electrons. The number of nitrogens with one attached hydrogen (secondary N) is 1. The molecular weight excluding hydrogens is 262 g/mol. The van der Waals surface area contributed by atoms with Crippen molar-refractivity contribution in [1.29, 1.82) is 0 Å². The van der Waals surface area contributed by atoms with Crippen LogP contribution in [0.2, 0.25) is 0 Å². The van der Waals surface area contributed by atoms with Crippen LogP contribution in [-0.4, -0.2) is 36.4 Å². The highest BCUT2D eigenvalue weighted by Crippen LogP contribution is 2.30. The first-order valence-corrected chi connectivity index (χ1v) is 8.13. The third-order valence-electron chi connectivity index (χ3n) is 3.51. The molecule has 0 aromatic carbocycles. The van der Waals surface area contributed by atoms with Crippen molar-refractivity contribution >= 4 is 10.0 Å². The minimum Gasteiger partial charge on any atom is -0.352 e. The van der Waals surface area contributed by atoms with E-state index >= 15 is 0 Å². The highest BCUT2D eigenvalue weighted by molar-refractivity contribution is 7.89. The second-order valence-electron chi connectivity index (χ2n) is 5.57. The van der Waals surface area contributed by atoms with Crippen molar-refractivity contribution in [3.63, 3.8) is 0 Å². The molecule has 5 nitrogen and oxygen atoms in total. The van der Waals surface area contributed by atoms with E-state index in [1.54, 1.807) is 19.3 Å². The summed E-state index contributed by atoms with van der Waals surface area (Å²) < 4.78 is 28.2. The van der Waals surface area contributed by atoms with E-state index < -0.39 is 10.0 Å². The van der Waals surface area contributed by atoms with Crippen LogP contribution >= 0.6 is 0 Å². The summed E-state index contributed by atoms with van der Waals surface area (Å²) >= 11 is 0. The molecule has 0 spiro atoms. The van der Waals surface area contributed by atoms with Gasteiger partial charge in [0, 0.05) is 44.6 Å². The quantitative estimate of drug-likeness (QED) is 0.857. The van der Waals surface area contributed by atoms with Gasteiger partial charge in [-0.25, -0.2) is 8.42 Å². The molecule has 0 unspecified atom stereocenters. The normalized spacial score (nSPS) is 16.5. The third-order valence-corrected chi connectivity index (χ3v) is 5.39. The van der Waals surface area contributed by atoms with E-state index in [1.807, 2.05) is 11.6 Å². The summed E-state index contributed by atoms with van der Waals surface area (Å²) in [5.74, 6) is 0. The second kappa shape index (κ2) is 5.26. The molecule has 6 heteroatoms. The number of hydrogen-bond acceptors (Lipinski definition) is 3. The molecule has 1 aromatic heterocycles. The summed E-state index contributed by atoms with van der Waals surface area (Å²) in [6.45, 7) is 4.82. The predicted octanol–water partition coefficient (Wildman–Crippen LogP) is 1.31. The molecule has 19 heavy (non-hydrogen) atoms. The van der Waals surface area contributed by atoms with Crippen molar-refractivity contribution in [2.24, 2.45) is 7.05 Å². The number of hydrogen-bond donors (Lipinski definition) is 1. The Hall–Kier alpha value is -0.850. The number of aryl methyl sites for hydroxylation is 1. The Morgan fingerprint density at radius 2 is 2.11 bits per heavy atom. The van der Waals surface area contributed by atoms with Gasteiger partial charge in [0.15, 0.2) is 0 Å². The van der Waals surface area contributed by atoms with Gasteiger partial charge in [-0.3, -0.25) is 0 Å². The Labute approximate surface area is 115 Å². The number of rotatable bonds is 6. The van der Waals surface area contributed by atoms with Crippen LogP contribution in [0.15, 0.2) is 17.2 Å². The van der Waals surface area contributed by atoms with Gasteiger partial charge in [-0.1, -0.05) is 13.8 Å². The summed E-state index contributed by atoms with van der Waals surface area (Å²) in [4.78, 5) is 0.393. The topological polar surface area (TPSA) is 54.3 Å². The Morgan fingerprint density at radius 1 is 1.47 bits per heavy atom. The van der Waals surface area contributed by atoms with E-state index in [9.17, 15) is 8.42 Å². The molecule has 108 valence electrons. The Kier molecular flexibility index (Phi) is 4.03. The Balaban J connectivity index is 2.18. The predicted molar refractivity (Wildman–Crippen MR) is 75.4 cm³/mol. The van der Waals surface area contributed by atoms with E-state index in [0.29, 0.717) is 17.5 Å². The maximum Gasteiger partial charge on any atom is 0.244 e. The lowest BCUT2D eigenvalue weighted by molar-refractivity contribution is 0.464. The van der Waals surface area contributed by atoms with Crippen LogP contribution in [0, 0.1) is 0 Å². The summed E-state index contributed by atoms with van der Waals surface area (Å²) in [6.07, 6.45) is 3.65. The molecule has 1 aliphatic rings. The molecule has 1 saturated carbocycles. The van der Waals surface area contributed by atoms with E-state index in [2.05, 4.69) is 19.2 Å². The Morgan fingerprint density at radius 3 is 2.63 bits per heavy atom. The van der Waals surface area contributed by atoms with Crippen molar-refractivity contribution in [2.75, 3.05) is 7.05 Å². The van der Waals surface area contributed by atoms with Crippen LogP contribution in [0.1, 0.15) is 32.4 Å². The van der Waals surface area contributed by atoms with Gasteiger partial charge in [0.2, 0.25) is 10.0 Å². The number of nitrogens with zero attached hydrogens (tertiary/aromatic N) is 2. The van der Waals surface area contributed by atoms with E-state index in [4.69, 9.17) is 0 Å². The average molecular weight is 285 g/mol. The van der Waals surface area contributed by atoms with Crippen LogP contribution in [-0.2, 0) is 23.6 Å². The molecule has 0 atom stereocenters. The molecule has 0 bridgehead atoms. The van der Waals surface area contributed by atoms with Crippen molar-refractivity contribution in [3.05, 3.63) is 18.0 Å². The lowest BCUT2D eigenvalue weighted by atomic mass is 10.3. The van der Waals surface area contributed by atoms with Crippen LogP contribution in [0.25, 0.3) is 0 Å². The molecule has 0 saturated heterocycles. The largest absolute Gasteiger partial charge is 0.352 e. The first kappa shape index (κ1) is 14.6. The van der Waals surface area contributed by atoms with Gasteiger partial charge in [-0.05, 0) is 18.9 Å². The first-order chi connectivity index (χ1) is 8.82. The molecule has 0 amide bonds. The maximum atomic E-state index is 12.4. The number of sulfonamides is 1. The summed E-state index contributed by atoms with van der Waals surface area (Å²) in [5, 5.41) is 3.30. The molecule has 1 heterocycles. The SMILES string of the molecule is CC(C)NCc1cc(S(=O)(=O)N(C)C2CC2)cn1C. The molecule has 0 aliphatic heterocycles. The van der Waals surface area contributed by atoms with Crippen LogP contribution < -0.4 is 5.32 Å². The Bertz CT molecular complexity index is 544. The minimum atomic E-state index is -3.33. The van der Waals surface area contributed by atoms with E-state index in [-0.39, 0.29) is 6.04 Å². The fourth-order valence-corrected chi connectivity index (χ4v) is 3.52. The van der Waals surface area contributed by atoms with E-state index in [0.717, 1.165) is 18.5 Å². The van der Waals surface area contributed by atoms with Gasteiger partial charge in [0.05, 0.1) is 0 Å². The summed E-state index contributed by atoms with van der Waals surface area (Å²) in [6, 6.07) is 2.34. The lowest BCUT2D eigenvalue weighted by Gasteiger charge is -2.14. The van der Waals surface area contributed by atoms with Gasteiger partial charge in [-0.2, -0.15) is 4.31 Å². The van der Waals surface area contributed by atoms with Crippen LogP contribution in [0.5, 0.6) is 0 Å². The van der Waals surface area contributed by atoms with Gasteiger partial charge < -0.3 is 9.88 Å². The van der Waals surface area contributed by atoms with Crippen LogP contribution in [0.4, 0.5) is 0 Å². The summed E-state index contributed by atoms with van der Waals surface area (Å²) in [5.41, 5.74) is 0.983. The second-order valence-corrected chi connectivity index (χ2v) is 7.56. The molecule has 1 aliphatic carbocycles. The molecule has 1 aromatic rings. The fourth-order valence-electron chi connectivity index (χ4n) is 2.00. The molecule has 1 N–H and O–H groups in total. The average Bonchev–Trinajstić information content (AvgIpc) is 3.09. The van der Waals surface area contributed by atoms with Crippen LogP contribution in [0.3, 0.4) is 0 Å². The molecular formula is C13H23N3O2S. The summed E-state index contributed by atoms with van der Waals surface area (Å²) in [7, 11) is 0.224. The van der Waals surface area contributed by atoms with Gasteiger partial charge in [0.1, 0.15) is 4.90 Å². The maximum absolute atomic E-state index is 12.4. The third kappa shape index (κ3) is 3.19. The highest BCUT2D eigenvalue weighted by Gasteiger charge is 2.35. The smallest absolute Gasteiger partial charge is 0.244 e. The van der Waals surface area contributed by atoms with Gasteiger partial charge >= 0.3 is 0 Å². The van der Waals surface area contributed by atoms with Crippen molar-refractivity contribution in [2.45, 2.75) is 50.2 Å². The highest BCUT2D eigenvalue weighted by atomic mass is 32.2. The lowest BCUT2D eigenvalue weighted by Crippen LogP contribution is -2.28. The van der Waals surface area contributed by atoms with Crippen molar-refractivity contribution in [3.8, 4) is 0 Å². The molecule has 2 rings (SSSR count). The first-order valence-electron chi connectivity index (χ1n) is 6.69.